The number of carbonyl (C=O) groups is 1. The van der Waals surface area contributed by atoms with Crippen molar-refractivity contribution in [3.8, 4) is 0 Å². The van der Waals surface area contributed by atoms with Crippen molar-refractivity contribution < 1.29 is 9.90 Å². The lowest BCUT2D eigenvalue weighted by Gasteiger charge is -2.30. The highest BCUT2D eigenvalue weighted by Crippen LogP contribution is 2.18. The second kappa shape index (κ2) is 5.32. The summed E-state index contributed by atoms with van der Waals surface area (Å²) in [5, 5.41) is 8.82. The minimum absolute atomic E-state index is 0.362. The van der Waals surface area contributed by atoms with E-state index in [4.69, 9.17) is 5.11 Å². The number of benzene rings is 1. The quantitative estimate of drug-likeness (QED) is 0.872. The average Bonchev–Trinajstić information content (AvgIpc) is 2.33. The van der Waals surface area contributed by atoms with E-state index >= 15 is 0 Å². The highest BCUT2D eigenvalue weighted by atomic mass is 16.4. The fourth-order valence-electron chi connectivity index (χ4n) is 2.23. The molecule has 1 aromatic rings. The van der Waals surface area contributed by atoms with Crippen molar-refractivity contribution in [1.29, 1.82) is 0 Å². The molecule has 1 saturated heterocycles. The van der Waals surface area contributed by atoms with Crippen LogP contribution >= 0.6 is 0 Å². The largest absolute Gasteiger partial charge is 0.478 e. The molecule has 0 atom stereocenters. The molecule has 0 saturated carbocycles. The Morgan fingerprint density at radius 3 is 2.41 bits per heavy atom. The molecule has 3 heteroatoms. The van der Waals surface area contributed by atoms with Crippen molar-refractivity contribution >= 4 is 5.97 Å². The van der Waals surface area contributed by atoms with E-state index in [1.165, 1.54) is 18.4 Å². The van der Waals surface area contributed by atoms with Crippen molar-refractivity contribution in [2.75, 3.05) is 13.1 Å². The molecule has 0 aliphatic carbocycles. The van der Waals surface area contributed by atoms with E-state index in [1.807, 2.05) is 12.1 Å². The van der Waals surface area contributed by atoms with Crippen molar-refractivity contribution in [2.45, 2.75) is 26.3 Å². The molecule has 0 amide bonds. The number of carboxylic acid groups (broad SMARTS) is 1. The van der Waals surface area contributed by atoms with Crippen LogP contribution in [0, 0.1) is 5.92 Å². The van der Waals surface area contributed by atoms with Gasteiger partial charge in [-0.15, -0.1) is 0 Å². The molecule has 92 valence electrons. The van der Waals surface area contributed by atoms with Gasteiger partial charge < -0.3 is 5.11 Å². The third kappa shape index (κ3) is 3.30. The monoisotopic (exact) mass is 233 g/mol. The van der Waals surface area contributed by atoms with E-state index in [-0.39, 0.29) is 0 Å². The molecule has 1 heterocycles. The zero-order valence-corrected chi connectivity index (χ0v) is 10.2. The summed E-state index contributed by atoms with van der Waals surface area (Å²) in [5.41, 5.74) is 1.56. The maximum Gasteiger partial charge on any atom is 0.335 e. The number of hydrogen-bond acceptors (Lipinski definition) is 2. The van der Waals surface area contributed by atoms with Gasteiger partial charge in [-0.2, -0.15) is 0 Å². The van der Waals surface area contributed by atoms with Crippen LogP contribution in [0.15, 0.2) is 24.3 Å². The summed E-state index contributed by atoms with van der Waals surface area (Å²) in [5.74, 6) is -0.0102. The molecule has 1 aromatic carbocycles. The minimum atomic E-state index is -0.858. The third-order valence-corrected chi connectivity index (χ3v) is 3.48. The van der Waals surface area contributed by atoms with Gasteiger partial charge in [0.05, 0.1) is 5.56 Å². The van der Waals surface area contributed by atoms with Crippen LogP contribution < -0.4 is 0 Å². The van der Waals surface area contributed by atoms with Crippen LogP contribution in [0.5, 0.6) is 0 Å². The van der Waals surface area contributed by atoms with Gasteiger partial charge in [0.2, 0.25) is 0 Å². The lowest BCUT2D eigenvalue weighted by atomic mass is 9.99. The molecule has 0 aromatic heterocycles. The third-order valence-electron chi connectivity index (χ3n) is 3.48. The summed E-state index contributed by atoms with van der Waals surface area (Å²) >= 11 is 0. The number of nitrogens with zero attached hydrogens (tertiary/aromatic N) is 1. The smallest absolute Gasteiger partial charge is 0.335 e. The SMILES string of the molecule is CC1CCN(Cc2ccc(C(=O)O)cc2)CC1. The summed E-state index contributed by atoms with van der Waals surface area (Å²) in [4.78, 5) is 13.2. The standard InChI is InChI=1S/C14H19NO2/c1-11-6-8-15(9-7-11)10-12-2-4-13(5-3-12)14(16)17/h2-5,11H,6-10H2,1H3,(H,16,17). The molecular weight excluding hydrogens is 214 g/mol. The van der Waals surface area contributed by atoms with Crippen molar-refractivity contribution in [1.82, 2.24) is 4.90 Å². The fraction of sp³-hybridized carbons (Fsp3) is 0.500. The topological polar surface area (TPSA) is 40.5 Å². The second-order valence-electron chi connectivity index (χ2n) is 4.96. The highest BCUT2D eigenvalue weighted by molar-refractivity contribution is 5.87. The van der Waals surface area contributed by atoms with Gasteiger partial charge >= 0.3 is 5.97 Å². The van der Waals surface area contributed by atoms with E-state index in [1.54, 1.807) is 12.1 Å². The van der Waals surface area contributed by atoms with Gasteiger partial charge in [0.15, 0.2) is 0 Å². The fourth-order valence-corrected chi connectivity index (χ4v) is 2.23. The van der Waals surface area contributed by atoms with Crippen LogP contribution in [0.4, 0.5) is 0 Å². The molecule has 1 fully saturated rings. The summed E-state index contributed by atoms with van der Waals surface area (Å²) in [6.45, 7) is 5.55. The average molecular weight is 233 g/mol. The van der Waals surface area contributed by atoms with E-state index < -0.39 is 5.97 Å². The van der Waals surface area contributed by atoms with Gasteiger partial charge in [-0.1, -0.05) is 19.1 Å². The first-order valence-corrected chi connectivity index (χ1v) is 6.20. The Balaban J connectivity index is 1.92. The lowest BCUT2D eigenvalue weighted by molar-refractivity contribution is 0.0697. The maximum absolute atomic E-state index is 10.7. The van der Waals surface area contributed by atoms with Crippen LogP contribution in [0.2, 0.25) is 0 Å². The number of aromatic carboxylic acids is 1. The van der Waals surface area contributed by atoms with Crippen molar-refractivity contribution in [3.05, 3.63) is 35.4 Å². The summed E-state index contributed by atoms with van der Waals surface area (Å²) in [6.07, 6.45) is 2.54. The Labute approximate surface area is 102 Å². The first-order valence-electron chi connectivity index (χ1n) is 6.20. The molecule has 0 unspecified atom stereocenters. The van der Waals surface area contributed by atoms with E-state index in [9.17, 15) is 4.79 Å². The Morgan fingerprint density at radius 1 is 1.29 bits per heavy atom. The van der Waals surface area contributed by atoms with Crippen LogP contribution in [-0.4, -0.2) is 29.1 Å². The van der Waals surface area contributed by atoms with E-state index in [0.29, 0.717) is 5.56 Å². The summed E-state index contributed by atoms with van der Waals surface area (Å²) < 4.78 is 0. The molecule has 0 radical (unpaired) electrons. The number of carboxylic acids is 1. The first kappa shape index (κ1) is 12.1. The molecule has 0 spiro atoms. The Kier molecular flexibility index (Phi) is 3.79. The van der Waals surface area contributed by atoms with Crippen LogP contribution in [0.3, 0.4) is 0 Å². The second-order valence-corrected chi connectivity index (χ2v) is 4.96. The highest BCUT2D eigenvalue weighted by Gasteiger charge is 2.15. The Hall–Kier alpha value is -1.35. The predicted molar refractivity (Wildman–Crippen MR) is 67.1 cm³/mol. The minimum Gasteiger partial charge on any atom is -0.478 e. The van der Waals surface area contributed by atoms with E-state index in [0.717, 1.165) is 25.6 Å². The molecule has 1 N–H and O–H groups in total. The zero-order valence-electron chi connectivity index (χ0n) is 10.2. The van der Waals surface area contributed by atoms with Gasteiger partial charge in [0.25, 0.3) is 0 Å². The van der Waals surface area contributed by atoms with E-state index in [2.05, 4.69) is 11.8 Å². The summed E-state index contributed by atoms with van der Waals surface area (Å²) in [6, 6.07) is 7.21. The van der Waals surface area contributed by atoms with Crippen molar-refractivity contribution in [3.63, 3.8) is 0 Å². The Morgan fingerprint density at radius 2 is 1.88 bits per heavy atom. The molecule has 1 aliphatic rings. The predicted octanol–water partition coefficient (Wildman–Crippen LogP) is 2.62. The lowest BCUT2D eigenvalue weighted by Crippen LogP contribution is -2.32. The zero-order chi connectivity index (χ0) is 12.3. The maximum atomic E-state index is 10.7. The summed E-state index contributed by atoms with van der Waals surface area (Å²) in [7, 11) is 0. The molecule has 1 aliphatic heterocycles. The van der Waals surface area contributed by atoms with Crippen molar-refractivity contribution in [2.24, 2.45) is 5.92 Å². The van der Waals surface area contributed by atoms with Crippen LogP contribution in [0.25, 0.3) is 0 Å². The van der Waals surface area contributed by atoms with Crippen LogP contribution in [0.1, 0.15) is 35.7 Å². The number of rotatable bonds is 3. The number of hydrogen-bond donors (Lipinski definition) is 1. The molecular formula is C14H19NO2. The number of likely N-dealkylation sites (tertiary alicyclic amines) is 1. The van der Waals surface area contributed by atoms with Gasteiger partial charge in [-0.25, -0.2) is 4.79 Å². The Bertz CT molecular complexity index is 378. The molecule has 2 rings (SSSR count). The number of piperidine rings is 1. The first-order chi connectivity index (χ1) is 8.15. The van der Waals surface area contributed by atoms with Gasteiger partial charge in [-0.3, -0.25) is 4.90 Å². The van der Waals surface area contributed by atoms with Crippen LogP contribution in [-0.2, 0) is 6.54 Å². The van der Waals surface area contributed by atoms with Gasteiger partial charge in [0.1, 0.15) is 0 Å². The van der Waals surface area contributed by atoms with Gasteiger partial charge in [-0.05, 0) is 49.5 Å². The van der Waals surface area contributed by atoms with Gasteiger partial charge in [0, 0.05) is 6.54 Å². The normalized spacial score (nSPS) is 18.2. The molecule has 0 bridgehead atoms. The molecule has 17 heavy (non-hydrogen) atoms. The molecule has 3 nitrogen and oxygen atoms in total.